The molecule has 134 valence electrons. The Morgan fingerprint density at radius 1 is 1.35 bits per heavy atom. The van der Waals surface area contributed by atoms with Gasteiger partial charge in [0.1, 0.15) is 28.8 Å². The molecule has 1 amide bonds. The van der Waals surface area contributed by atoms with E-state index in [1.165, 1.54) is 0 Å². The Hall–Kier alpha value is -2.93. The highest BCUT2D eigenvalue weighted by Crippen LogP contribution is 2.32. The summed E-state index contributed by atoms with van der Waals surface area (Å²) >= 11 is 6.19. The fourth-order valence-electron chi connectivity index (χ4n) is 2.76. The number of rotatable bonds is 6. The number of ether oxygens (including phenoxy) is 2. The van der Waals surface area contributed by atoms with Crippen LogP contribution in [-0.2, 0) is 11.3 Å². The summed E-state index contributed by atoms with van der Waals surface area (Å²) in [5, 5.41) is 7.13. The summed E-state index contributed by atoms with van der Waals surface area (Å²) < 4.78 is 16.2. The molecule has 8 heteroatoms. The van der Waals surface area contributed by atoms with Crippen molar-refractivity contribution in [1.29, 1.82) is 0 Å². The molecule has 7 nitrogen and oxygen atoms in total. The predicted molar refractivity (Wildman–Crippen MR) is 96.6 cm³/mol. The maximum atomic E-state index is 11.1. The summed E-state index contributed by atoms with van der Waals surface area (Å²) in [6.07, 6.45) is 0.876. The minimum absolute atomic E-state index is 0.237. The van der Waals surface area contributed by atoms with Gasteiger partial charge in [-0.1, -0.05) is 23.7 Å². The fraction of sp³-hybridized carbons (Fsp3) is 0.222. The van der Waals surface area contributed by atoms with Gasteiger partial charge in [0.15, 0.2) is 6.10 Å². The summed E-state index contributed by atoms with van der Waals surface area (Å²) in [6, 6.07) is 11.1. The fourth-order valence-corrected chi connectivity index (χ4v) is 2.95. The number of para-hydroxylation sites is 1. The van der Waals surface area contributed by atoms with Crippen molar-refractivity contribution in [2.75, 3.05) is 18.5 Å². The van der Waals surface area contributed by atoms with Crippen molar-refractivity contribution in [3.05, 3.63) is 53.6 Å². The summed E-state index contributed by atoms with van der Waals surface area (Å²) in [4.78, 5) is 15.5. The molecule has 1 aliphatic rings. The molecule has 0 radical (unpaired) electrons. The molecule has 2 aromatic heterocycles. The lowest BCUT2D eigenvalue weighted by Gasteiger charge is -2.14. The van der Waals surface area contributed by atoms with Gasteiger partial charge >= 0.3 is 6.09 Å². The van der Waals surface area contributed by atoms with Crippen LogP contribution in [0.4, 0.5) is 10.5 Å². The number of hydrogen-bond acceptors (Lipinski definition) is 6. The van der Waals surface area contributed by atoms with Gasteiger partial charge in [0.25, 0.3) is 0 Å². The van der Waals surface area contributed by atoms with Gasteiger partial charge in [0, 0.05) is 11.1 Å². The van der Waals surface area contributed by atoms with Crippen LogP contribution in [0.5, 0.6) is 5.75 Å². The summed E-state index contributed by atoms with van der Waals surface area (Å²) in [5.41, 5.74) is 1.47. The molecule has 3 heterocycles. The first-order valence-corrected chi connectivity index (χ1v) is 8.49. The van der Waals surface area contributed by atoms with E-state index >= 15 is 0 Å². The van der Waals surface area contributed by atoms with Crippen molar-refractivity contribution in [1.82, 2.24) is 10.3 Å². The monoisotopic (exact) mass is 373 g/mol. The Morgan fingerprint density at radius 3 is 3.04 bits per heavy atom. The number of hydrogen-bond donors (Lipinski definition) is 2. The zero-order valence-corrected chi connectivity index (χ0v) is 14.5. The first kappa shape index (κ1) is 16.5. The van der Waals surface area contributed by atoms with Crippen molar-refractivity contribution in [2.24, 2.45) is 0 Å². The Bertz CT molecular complexity index is 930. The van der Waals surface area contributed by atoms with E-state index < -0.39 is 6.09 Å². The van der Waals surface area contributed by atoms with Crippen molar-refractivity contribution in [3.63, 3.8) is 0 Å². The second-order valence-electron chi connectivity index (χ2n) is 5.80. The lowest BCUT2D eigenvalue weighted by atomic mass is 10.1. The molecule has 0 aliphatic carbocycles. The number of carbonyl (C=O) groups excluding carboxylic acids is 1. The third-order valence-electron chi connectivity index (χ3n) is 3.98. The number of pyridine rings is 1. The maximum Gasteiger partial charge on any atom is 0.407 e. The molecule has 1 atom stereocenters. The van der Waals surface area contributed by atoms with Gasteiger partial charge in [-0.05, 0) is 24.3 Å². The molecule has 0 bridgehead atoms. The lowest BCUT2D eigenvalue weighted by molar-refractivity contribution is 0.105. The van der Waals surface area contributed by atoms with E-state index in [4.69, 9.17) is 25.5 Å². The molecule has 26 heavy (non-hydrogen) atoms. The van der Waals surface area contributed by atoms with Crippen LogP contribution < -0.4 is 15.4 Å². The highest BCUT2D eigenvalue weighted by atomic mass is 35.5. The van der Waals surface area contributed by atoms with Crippen LogP contribution in [0, 0.1) is 0 Å². The molecule has 1 saturated heterocycles. The summed E-state index contributed by atoms with van der Waals surface area (Å²) in [5.74, 6) is 1.39. The van der Waals surface area contributed by atoms with Crippen molar-refractivity contribution in [2.45, 2.75) is 12.6 Å². The largest absolute Gasteiger partial charge is 0.487 e. The zero-order chi connectivity index (χ0) is 17.9. The molecule has 3 aromatic rings. The third kappa shape index (κ3) is 3.52. The van der Waals surface area contributed by atoms with Crippen LogP contribution in [0.15, 0.2) is 47.1 Å². The molecule has 1 aromatic carbocycles. The van der Waals surface area contributed by atoms with Gasteiger partial charge in [-0.15, -0.1) is 0 Å². The molecule has 1 aliphatic heterocycles. The van der Waals surface area contributed by atoms with Gasteiger partial charge in [-0.3, -0.25) is 0 Å². The quantitative estimate of drug-likeness (QED) is 0.642. The number of alkyl carbamates (subject to hydrolysis) is 1. The van der Waals surface area contributed by atoms with Crippen LogP contribution in [0.1, 0.15) is 5.76 Å². The predicted octanol–water partition coefficient (Wildman–Crippen LogP) is 3.58. The number of nitrogens with zero attached hydrogens (tertiary/aromatic N) is 1. The number of furan rings is 1. The minimum Gasteiger partial charge on any atom is -0.487 e. The normalized spacial score (nSPS) is 16.3. The number of aromatic nitrogens is 1. The van der Waals surface area contributed by atoms with E-state index in [-0.39, 0.29) is 12.7 Å². The van der Waals surface area contributed by atoms with Crippen molar-refractivity contribution >= 4 is 34.3 Å². The number of benzene rings is 1. The van der Waals surface area contributed by atoms with Crippen LogP contribution in [-0.4, -0.2) is 30.3 Å². The second-order valence-corrected chi connectivity index (χ2v) is 6.18. The first-order valence-electron chi connectivity index (χ1n) is 8.12. The number of amides is 1. The van der Waals surface area contributed by atoms with E-state index in [1.807, 2.05) is 30.3 Å². The van der Waals surface area contributed by atoms with Gasteiger partial charge in [-0.25, -0.2) is 9.78 Å². The smallest absolute Gasteiger partial charge is 0.407 e. The van der Waals surface area contributed by atoms with E-state index in [1.54, 1.807) is 12.3 Å². The second kappa shape index (κ2) is 7.13. The number of cyclic esters (lactones) is 1. The molecular formula is C18H16ClN3O4. The Kier molecular flexibility index (Phi) is 4.53. The number of anilines is 1. The molecule has 2 N–H and O–H groups in total. The van der Waals surface area contributed by atoms with Gasteiger partial charge in [-0.2, -0.15) is 0 Å². The summed E-state index contributed by atoms with van der Waals surface area (Å²) in [6.45, 7) is 1.19. The number of carbonyl (C=O) groups is 1. The number of halogens is 1. The van der Waals surface area contributed by atoms with Crippen molar-refractivity contribution in [3.8, 4) is 5.75 Å². The Labute approximate surface area is 154 Å². The SMILES string of the molecule is O=C1NC[C@@H](COc2cccc3c(NCc4ccco4)cc(Cl)nc23)O1. The van der Waals surface area contributed by atoms with Crippen LogP contribution in [0.2, 0.25) is 5.15 Å². The van der Waals surface area contributed by atoms with Crippen molar-refractivity contribution < 1.29 is 18.7 Å². The van der Waals surface area contributed by atoms with E-state index in [2.05, 4.69) is 15.6 Å². The number of fused-ring (bicyclic) bond motifs is 1. The highest BCUT2D eigenvalue weighted by molar-refractivity contribution is 6.30. The van der Waals surface area contributed by atoms with E-state index in [0.717, 1.165) is 16.8 Å². The van der Waals surface area contributed by atoms with E-state index in [9.17, 15) is 4.79 Å². The average Bonchev–Trinajstić information content (AvgIpc) is 3.29. The Balaban J connectivity index is 1.57. The van der Waals surface area contributed by atoms with Crippen LogP contribution in [0.3, 0.4) is 0 Å². The maximum absolute atomic E-state index is 11.1. The van der Waals surface area contributed by atoms with Gasteiger partial charge in [0.2, 0.25) is 0 Å². The molecular weight excluding hydrogens is 358 g/mol. The minimum atomic E-state index is -0.429. The molecule has 0 spiro atoms. The lowest BCUT2D eigenvalue weighted by Crippen LogP contribution is -2.22. The standard InChI is InChI=1S/C18H16ClN3O4/c19-16-7-14(20-8-11-3-2-6-24-11)13-4-1-5-15(17(13)22-16)25-10-12-9-21-18(23)26-12/h1-7,12H,8-10H2,(H,20,22)(H,21,23)/t12-/m0/s1. The highest BCUT2D eigenvalue weighted by Gasteiger charge is 2.23. The van der Waals surface area contributed by atoms with Crippen LogP contribution >= 0.6 is 11.6 Å². The third-order valence-corrected chi connectivity index (χ3v) is 4.17. The topological polar surface area (TPSA) is 85.6 Å². The number of nitrogens with one attached hydrogen (secondary N) is 2. The average molecular weight is 374 g/mol. The zero-order valence-electron chi connectivity index (χ0n) is 13.7. The molecule has 1 fully saturated rings. The van der Waals surface area contributed by atoms with E-state index in [0.29, 0.717) is 29.5 Å². The molecule has 0 saturated carbocycles. The Morgan fingerprint density at radius 2 is 2.27 bits per heavy atom. The molecule has 4 rings (SSSR count). The van der Waals surface area contributed by atoms with Crippen LogP contribution in [0.25, 0.3) is 10.9 Å². The first-order chi connectivity index (χ1) is 12.7. The molecule has 0 unspecified atom stereocenters. The van der Waals surface area contributed by atoms with Gasteiger partial charge < -0.3 is 24.5 Å². The summed E-state index contributed by atoms with van der Waals surface area (Å²) in [7, 11) is 0. The van der Waals surface area contributed by atoms with Gasteiger partial charge in [0.05, 0.1) is 19.4 Å².